The molecule has 0 atom stereocenters. The largest absolute Gasteiger partial charge is 0.478 e. The number of aromatic nitrogens is 2. The third-order valence-electron chi connectivity index (χ3n) is 3.23. The van der Waals surface area contributed by atoms with Crippen LogP contribution >= 0.6 is 24.8 Å². The molecule has 122 valence electrons. The molecule has 0 aliphatic heterocycles. The van der Waals surface area contributed by atoms with Crippen LogP contribution in [0.15, 0.2) is 42.5 Å². The Labute approximate surface area is 145 Å². The van der Waals surface area contributed by atoms with Crippen LogP contribution in [0.2, 0.25) is 0 Å². The lowest BCUT2D eigenvalue weighted by atomic mass is 10.1. The fraction of sp³-hybridized carbons (Fsp3) is 0.125. The minimum atomic E-state index is -0.280. The van der Waals surface area contributed by atoms with Gasteiger partial charge in [-0.15, -0.1) is 24.8 Å². The van der Waals surface area contributed by atoms with Crippen LogP contribution in [-0.2, 0) is 4.74 Å². The molecule has 0 unspecified atom stereocenters. The summed E-state index contributed by atoms with van der Waals surface area (Å²) in [5.41, 5.74) is 3.11. The average molecular weight is 356 g/mol. The number of hydrogen-bond donors (Lipinski definition) is 2. The van der Waals surface area contributed by atoms with E-state index >= 15 is 0 Å². The Morgan fingerprint density at radius 2 is 1.87 bits per heavy atom. The summed E-state index contributed by atoms with van der Waals surface area (Å²) >= 11 is 0. The minimum absolute atomic E-state index is 0. The van der Waals surface area contributed by atoms with Gasteiger partial charge in [0, 0.05) is 16.5 Å². The van der Waals surface area contributed by atoms with E-state index in [1.54, 1.807) is 12.1 Å². The van der Waals surface area contributed by atoms with Gasteiger partial charge in [0.15, 0.2) is 0 Å². The lowest BCUT2D eigenvalue weighted by Crippen LogP contribution is -2.04. The van der Waals surface area contributed by atoms with Crippen molar-refractivity contribution in [2.75, 3.05) is 6.61 Å². The van der Waals surface area contributed by atoms with Gasteiger partial charge in [0.2, 0.25) is 5.90 Å². The molecule has 3 aromatic rings. The number of ether oxygens (including phenoxy) is 1. The van der Waals surface area contributed by atoms with Crippen molar-refractivity contribution in [3.63, 3.8) is 0 Å². The highest BCUT2D eigenvalue weighted by molar-refractivity contribution is 6.00. The van der Waals surface area contributed by atoms with Gasteiger partial charge in [0.25, 0.3) is 0 Å². The van der Waals surface area contributed by atoms with Crippen molar-refractivity contribution in [2.45, 2.75) is 6.92 Å². The number of halogens is 3. The van der Waals surface area contributed by atoms with E-state index in [4.69, 9.17) is 10.1 Å². The van der Waals surface area contributed by atoms with Gasteiger partial charge >= 0.3 is 0 Å². The SMILES string of the molecule is CCOC(=N)c1ccc2[nH]nc(-c3ccc(F)cc3)c2c1.Cl.Cl. The third-order valence-corrected chi connectivity index (χ3v) is 3.23. The molecule has 3 rings (SSSR count). The fourth-order valence-electron chi connectivity index (χ4n) is 2.21. The molecule has 23 heavy (non-hydrogen) atoms. The molecule has 1 aromatic heterocycles. The maximum Gasteiger partial charge on any atom is 0.213 e. The van der Waals surface area contributed by atoms with E-state index in [0.717, 1.165) is 22.2 Å². The number of nitrogens with one attached hydrogen (secondary N) is 2. The molecule has 4 nitrogen and oxygen atoms in total. The molecule has 2 aromatic carbocycles. The molecule has 0 saturated carbocycles. The quantitative estimate of drug-likeness (QED) is 0.533. The van der Waals surface area contributed by atoms with Crippen molar-refractivity contribution in [1.29, 1.82) is 5.41 Å². The van der Waals surface area contributed by atoms with Gasteiger partial charge < -0.3 is 4.74 Å². The number of benzene rings is 2. The Morgan fingerprint density at radius 1 is 1.17 bits per heavy atom. The van der Waals surface area contributed by atoms with Crippen molar-refractivity contribution in [1.82, 2.24) is 10.2 Å². The summed E-state index contributed by atoms with van der Waals surface area (Å²) in [5.74, 6) is -0.150. The molecule has 0 fully saturated rings. The Bertz CT molecular complexity index is 803. The molecule has 0 amide bonds. The van der Waals surface area contributed by atoms with Gasteiger partial charge in [-0.25, -0.2) is 4.39 Å². The van der Waals surface area contributed by atoms with Crippen LogP contribution in [0.5, 0.6) is 0 Å². The first-order chi connectivity index (χ1) is 10.2. The average Bonchev–Trinajstić information content (AvgIpc) is 2.91. The van der Waals surface area contributed by atoms with E-state index in [9.17, 15) is 4.39 Å². The number of nitrogens with zero attached hydrogens (tertiary/aromatic N) is 1. The summed E-state index contributed by atoms with van der Waals surface area (Å²) in [7, 11) is 0. The van der Waals surface area contributed by atoms with E-state index in [0.29, 0.717) is 12.2 Å². The molecule has 0 spiro atoms. The Morgan fingerprint density at radius 3 is 2.52 bits per heavy atom. The predicted octanol–water partition coefficient (Wildman–Crippen LogP) is 4.57. The number of rotatable bonds is 3. The van der Waals surface area contributed by atoms with Crippen molar-refractivity contribution >= 4 is 41.6 Å². The van der Waals surface area contributed by atoms with Crippen LogP contribution in [0.3, 0.4) is 0 Å². The van der Waals surface area contributed by atoms with Crippen LogP contribution in [0.25, 0.3) is 22.2 Å². The molecule has 1 heterocycles. The highest BCUT2D eigenvalue weighted by Gasteiger charge is 2.11. The number of aromatic amines is 1. The van der Waals surface area contributed by atoms with Crippen LogP contribution < -0.4 is 0 Å². The van der Waals surface area contributed by atoms with E-state index in [-0.39, 0.29) is 36.5 Å². The summed E-state index contributed by atoms with van der Waals surface area (Å²) in [4.78, 5) is 0. The van der Waals surface area contributed by atoms with Crippen molar-refractivity contribution < 1.29 is 9.13 Å². The van der Waals surface area contributed by atoms with Crippen molar-refractivity contribution in [3.8, 4) is 11.3 Å². The molecule has 0 aliphatic rings. The van der Waals surface area contributed by atoms with Gasteiger partial charge in [-0.2, -0.15) is 5.10 Å². The van der Waals surface area contributed by atoms with Crippen LogP contribution in [0, 0.1) is 11.2 Å². The monoisotopic (exact) mass is 355 g/mol. The predicted molar refractivity (Wildman–Crippen MR) is 94.4 cm³/mol. The summed E-state index contributed by atoms with van der Waals surface area (Å²) in [5, 5.41) is 16.0. The van der Waals surface area contributed by atoms with Gasteiger partial charge in [0.1, 0.15) is 5.82 Å². The second-order valence-electron chi connectivity index (χ2n) is 4.60. The van der Waals surface area contributed by atoms with Crippen LogP contribution in [0.4, 0.5) is 4.39 Å². The van der Waals surface area contributed by atoms with E-state index in [2.05, 4.69) is 10.2 Å². The molecule has 0 radical (unpaired) electrons. The first kappa shape index (κ1) is 18.9. The summed E-state index contributed by atoms with van der Waals surface area (Å²) in [6.07, 6.45) is 0. The zero-order valence-corrected chi connectivity index (χ0v) is 13.9. The van der Waals surface area contributed by atoms with Gasteiger partial charge in [0.05, 0.1) is 17.8 Å². The molecular weight excluding hydrogens is 340 g/mol. The lowest BCUT2D eigenvalue weighted by molar-refractivity contribution is 0.325. The smallest absolute Gasteiger partial charge is 0.213 e. The number of H-pyrrole nitrogens is 1. The summed E-state index contributed by atoms with van der Waals surface area (Å²) in [6, 6.07) is 11.7. The molecular formula is C16H16Cl2FN3O. The Hall–Kier alpha value is -2.11. The van der Waals surface area contributed by atoms with E-state index < -0.39 is 0 Å². The Balaban J connectivity index is 0.00000132. The maximum absolute atomic E-state index is 13.0. The fourth-order valence-corrected chi connectivity index (χ4v) is 2.21. The van der Waals surface area contributed by atoms with Gasteiger partial charge in [-0.05, 0) is 49.4 Å². The van der Waals surface area contributed by atoms with Crippen LogP contribution in [0.1, 0.15) is 12.5 Å². The second kappa shape index (κ2) is 7.94. The van der Waals surface area contributed by atoms with Crippen LogP contribution in [-0.4, -0.2) is 22.7 Å². The first-order valence-electron chi connectivity index (χ1n) is 6.65. The maximum atomic E-state index is 13.0. The van der Waals surface area contributed by atoms with E-state index in [1.165, 1.54) is 12.1 Å². The summed E-state index contributed by atoms with van der Waals surface area (Å²) in [6.45, 7) is 2.29. The van der Waals surface area contributed by atoms with Crippen molar-refractivity contribution in [2.24, 2.45) is 0 Å². The minimum Gasteiger partial charge on any atom is -0.478 e. The topological polar surface area (TPSA) is 61.8 Å². The normalized spacial score (nSPS) is 9.83. The zero-order chi connectivity index (χ0) is 14.8. The zero-order valence-electron chi connectivity index (χ0n) is 12.3. The molecule has 0 bridgehead atoms. The molecule has 0 saturated heterocycles. The van der Waals surface area contributed by atoms with Gasteiger partial charge in [-0.1, -0.05) is 0 Å². The number of hydrogen-bond acceptors (Lipinski definition) is 3. The summed E-state index contributed by atoms with van der Waals surface area (Å²) < 4.78 is 18.2. The number of fused-ring (bicyclic) bond motifs is 1. The first-order valence-corrected chi connectivity index (χ1v) is 6.65. The lowest BCUT2D eigenvalue weighted by Gasteiger charge is -2.05. The molecule has 7 heteroatoms. The molecule has 2 N–H and O–H groups in total. The Kier molecular flexibility index (Phi) is 6.54. The highest BCUT2D eigenvalue weighted by Crippen LogP contribution is 2.27. The van der Waals surface area contributed by atoms with E-state index in [1.807, 2.05) is 25.1 Å². The standard InChI is InChI=1S/C16H14FN3O.2ClH/c1-2-21-16(18)11-5-8-14-13(9-11)15(20-19-14)10-3-6-12(17)7-4-10;;/h3-9,18H,2H2,1H3,(H,19,20);2*1H. The second-order valence-corrected chi connectivity index (χ2v) is 4.60. The van der Waals surface area contributed by atoms with Crippen molar-refractivity contribution in [3.05, 3.63) is 53.8 Å². The van der Waals surface area contributed by atoms with Gasteiger partial charge in [-0.3, -0.25) is 10.5 Å². The molecule has 0 aliphatic carbocycles. The third kappa shape index (κ3) is 3.81. The highest BCUT2D eigenvalue weighted by atomic mass is 35.5.